The van der Waals surface area contributed by atoms with Crippen LogP contribution in [0.1, 0.15) is 36.5 Å². The standard InChI is InChI=1S/C15H21N3O3/c1-2-21-13-7-6-10(9-11(13)16)15(20)18-8-4-3-5-12(18)14(17)19/h6-7,9,12H,2-5,8,16H2,1H3,(H2,17,19). The van der Waals surface area contributed by atoms with Crippen LogP contribution in [0.25, 0.3) is 0 Å². The monoisotopic (exact) mass is 291 g/mol. The van der Waals surface area contributed by atoms with Crippen molar-refractivity contribution in [3.8, 4) is 5.75 Å². The predicted octanol–water partition coefficient (Wildman–Crippen LogP) is 1.15. The second-order valence-corrected chi connectivity index (χ2v) is 5.10. The number of hydrogen-bond acceptors (Lipinski definition) is 4. The highest BCUT2D eigenvalue weighted by Gasteiger charge is 2.31. The number of amides is 2. The zero-order chi connectivity index (χ0) is 15.4. The van der Waals surface area contributed by atoms with Gasteiger partial charge >= 0.3 is 0 Å². The molecule has 2 amide bonds. The molecule has 0 spiro atoms. The van der Waals surface area contributed by atoms with Crippen molar-refractivity contribution < 1.29 is 14.3 Å². The molecule has 0 radical (unpaired) electrons. The van der Waals surface area contributed by atoms with Gasteiger partial charge in [0.05, 0.1) is 12.3 Å². The van der Waals surface area contributed by atoms with Gasteiger partial charge < -0.3 is 21.1 Å². The van der Waals surface area contributed by atoms with Crippen LogP contribution in [0.4, 0.5) is 5.69 Å². The van der Waals surface area contributed by atoms with Crippen molar-refractivity contribution in [3.05, 3.63) is 23.8 Å². The van der Waals surface area contributed by atoms with Crippen LogP contribution in [-0.4, -0.2) is 35.9 Å². The van der Waals surface area contributed by atoms with Gasteiger partial charge in [0.2, 0.25) is 5.91 Å². The minimum absolute atomic E-state index is 0.215. The molecule has 0 bridgehead atoms. The number of nitrogens with two attached hydrogens (primary N) is 2. The van der Waals surface area contributed by atoms with Gasteiger partial charge in [0.15, 0.2) is 0 Å². The molecule has 1 aromatic rings. The van der Waals surface area contributed by atoms with E-state index in [0.29, 0.717) is 36.6 Å². The van der Waals surface area contributed by atoms with Gasteiger partial charge in [-0.3, -0.25) is 9.59 Å². The molecule has 0 aromatic heterocycles. The number of hydrogen-bond donors (Lipinski definition) is 2. The summed E-state index contributed by atoms with van der Waals surface area (Å²) < 4.78 is 5.35. The molecule has 4 N–H and O–H groups in total. The number of carbonyl (C=O) groups is 2. The van der Waals surface area contributed by atoms with E-state index in [4.69, 9.17) is 16.2 Å². The lowest BCUT2D eigenvalue weighted by Crippen LogP contribution is -2.50. The van der Waals surface area contributed by atoms with Crippen molar-refractivity contribution in [2.24, 2.45) is 5.73 Å². The molecule has 1 unspecified atom stereocenters. The van der Waals surface area contributed by atoms with Crippen molar-refractivity contribution in [2.45, 2.75) is 32.2 Å². The summed E-state index contributed by atoms with van der Waals surface area (Å²) in [6.45, 7) is 2.91. The van der Waals surface area contributed by atoms with Gasteiger partial charge in [-0.15, -0.1) is 0 Å². The highest BCUT2D eigenvalue weighted by Crippen LogP contribution is 2.25. The maximum absolute atomic E-state index is 12.6. The Hall–Kier alpha value is -2.24. The van der Waals surface area contributed by atoms with Gasteiger partial charge in [-0.2, -0.15) is 0 Å². The van der Waals surface area contributed by atoms with E-state index in [-0.39, 0.29) is 5.91 Å². The molecule has 6 heteroatoms. The van der Waals surface area contributed by atoms with Crippen molar-refractivity contribution in [1.82, 2.24) is 4.90 Å². The summed E-state index contributed by atoms with van der Waals surface area (Å²) >= 11 is 0. The predicted molar refractivity (Wildman–Crippen MR) is 79.9 cm³/mol. The summed E-state index contributed by atoms with van der Waals surface area (Å²) in [5.74, 6) is -0.116. The van der Waals surface area contributed by atoms with E-state index < -0.39 is 11.9 Å². The molecule has 1 aliphatic heterocycles. The van der Waals surface area contributed by atoms with Crippen LogP contribution in [0, 0.1) is 0 Å². The van der Waals surface area contributed by atoms with Crippen molar-refractivity contribution in [1.29, 1.82) is 0 Å². The third kappa shape index (κ3) is 3.26. The SMILES string of the molecule is CCOc1ccc(C(=O)N2CCCCC2C(N)=O)cc1N. The second-order valence-electron chi connectivity index (χ2n) is 5.10. The lowest BCUT2D eigenvalue weighted by molar-refractivity contribution is -0.123. The smallest absolute Gasteiger partial charge is 0.254 e. The van der Waals surface area contributed by atoms with Gasteiger partial charge in [-0.05, 0) is 44.4 Å². The maximum Gasteiger partial charge on any atom is 0.254 e. The average Bonchev–Trinajstić information content (AvgIpc) is 2.48. The van der Waals surface area contributed by atoms with Gasteiger partial charge in [0.25, 0.3) is 5.91 Å². The largest absolute Gasteiger partial charge is 0.492 e. The Bertz CT molecular complexity index is 545. The zero-order valence-electron chi connectivity index (χ0n) is 12.2. The number of rotatable bonds is 4. The van der Waals surface area contributed by atoms with Crippen LogP contribution in [0.5, 0.6) is 5.75 Å². The number of nitrogen functional groups attached to an aromatic ring is 1. The second kappa shape index (κ2) is 6.47. The van der Waals surface area contributed by atoms with Gasteiger partial charge in [-0.25, -0.2) is 0 Å². The summed E-state index contributed by atoms with van der Waals surface area (Å²) in [5, 5.41) is 0. The fourth-order valence-electron chi connectivity index (χ4n) is 2.60. The third-order valence-corrected chi connectivity index (χ3v) is 3.65. The molecule has 1 fully saturated rings. The van der Waals surface area contributed by atoms with E-state index >= 15 is 0 Å². The number of anilines is 1. The summed E-state index contributed by atoms with van der Waals surface area (Å²) in [6, 6.07) is 4.39. The maximum atomic E-state index is 12.6. The first kappa shape index (κ1) is 15.2. The summed E-state index contributed by atoms with van der Waals surface area (Å²) in [7, 11) is 0. The van der Waals surface area contributed by atoms with Crippen LogP contribution < -0.4 is 16.2 Å². The number of nitrogens with zero attached hydrogens (tertiary/aromatic N) is 1. The highest BCUT2D eigenvalue weighted by molar-refractivity contribution is 5.98. The summed E-state index contributed by atoms with van der Waals surface area (Å²) in [4.78, 5) is 25.6. The lowest BCUT2D eigenvalue weighted by Gasteiger charge is -2.33. The lowest BCUT2D eigenvalue weighted by atomic mass is 10.00. The quantitative estimate of drug-likeness (QED) is 0.813. The Morgan fingerprint density at radius 1 is 1.38 bits per heavy atom. The van der Waals surface area contributed by atoms with Crippen LogP contribution in [-0.2, 0) is 4.79 Å². The minimum Gasteiger partial charge on any atom is -0.492 e. The van der Waals surface area contributed by atoms with E-state index in [9.17, 15) is 9.59 Å². The fourth-order valence-corrected chi connectivity index (χ4v) is 2.60. The number of carbonyl (C=O) groups excluding carboxylic acids is 2. The van der Waals surface area contributed by atoms with Crippen LogP contribution in [0.15, 0.2) is 18.2 Å². The number of primary amides is 1. The summed E-state index contributed by atoms with van der Waals surface area (Å²) in [5.41, 5.74) is 12.1. The molecule has 1 saturated heterocycles. The van der Waals surface area contributed by atoms with E-state index in [2.05, 4.69) is 0 Å². The van der Waals surface area contributed by atoms with Crippen molar-refractivity contribution >= 4 is 17.5 Å². The molecule has 0 saturated carbocycles. The van der Waals surface area contributed by atoms with E-state index in [1.807, 2.05) is 6.92 Å². The molecule has 0 aliphatic carbocycles. The normalized spacial score (nSPS) is 18.3. The summed E-state index contributed by atoms with van der Waals surface area (Å²) in [6.07, 6.45) is 2.40. The molecule has 6 nitrogen and oxygen atoms in total. The van der Waals surface area contributed by atoms with E-state index in [1.54, 1.807) is 23.1 Å². The Kier molecular flexibility index (Phi) is 4.67. The molecule has 2 rings (SSSR count). The van der Waals surface area contributed by atoms with Gasteiger partial charge in [0.1, 0.15) is 11.8 Å². The Morgan fingerprint density at radius 2 is 2.14 bits per heavy atom. The Morgan fingerprint density at radius 3 is 2.76 bits per heavy atom. The van der Waals surface area contributed by atoms with Gasteiger partial charge in [0, 0.05) is 12.1 Å². The third-order valence-electron chi connectivity index (χ3n) is 3.65. The highest BCUT2D eigenvalue weighted by atomic mass is 16.5. The van der Waals surface area contributed by atoms with Crippen LogP contribution >= 0.6 is 0 Å². The zero-order valence-corrected chi connectivity index (χ0v) is 12.2. The fraction of sp³-hybridized carbons (Fsp3) is 0.467. The first-order valence-corrected chi connectivity index (χ1v) is 7.17. The van der Waals surface area contributed by atoms with Crippen LogP contribution in [0.2, 0.25) is 0 Å². The van der Waals surface area contributed by atoms with Crippen LogP contribution in [0.3, 0.4) is 0 Å². The van der Waals surface area contributed by atoms with Crippen molar-refractivity contribution in [3.63, 3.8) is 0 Å². The first-order chi connectivity index (χ1) is 10.0. The van der Waals surface area contributed by atoms with Gasteiger partial charge in [-0.1, -0.05) is 0 Å². The number of piperidine rings is 1. The molecule has 1 heterocycles. The average molecular weight is 291 g/mol. The molecule has 114 valence electrons. The molecule has 1 atom stereocenters. The molecule has 1 aromatic carbocycles. The Balaban J connectivity index is 2.22. The van der Waals surface area contributed by atoms with Crippen molar-refractivity contribution in [2.75, 3.05) is 18.9 Å². The Labute approximate surface area is 124 Å². The molecule has 1 aliphatic rings. The van der Waals surface area contributed by atoms with E-state index in [0.717, 1.165) is 12.8 Å². The number of benzene rings is 1. The number of ether oxygens (including phenoxy) is 1. The first-order valence-electron chi connectivity index (χ1n) is 7.17. The number of likely N-dealkylation sites (tertiary alicyclic amines) is 1. The molecular formula is C15H21N3O3. The minimum atomic E-state index is -0.529. The van der Waals surface area contributed by atoms with E-state index in [1.165, 1.54) is 0 Å². The molecular weight excluding hydrogens is 270 g/mol. The topological polar surface area (TPSA) is 98.6 Å². The molecule has 21 heavy (non-hydrogen) atoms.